The quantitative estimate of drug-likeness (QED) is 0.683. The average molecular weight is 430 g/mol. The monoisotopic (exact) mass is 429 g/mol. The van der Waals surface area contributed by atoms with Crippen molar-refractivity contribution in [2.75, 3.05) is 18.8 Å². The van der Waals surface area contributed by atoms with Gasteiger partial charge in [-0.25, -0.2) is 0 Å². The Bertz CT molecular complexity index is 860. The summed E-state index contributed by atoms with van der Waals surface area (Å²) in [5.74, 6) is 1.88. The van der Waals surface area contributed by atoms with Crippen molar-refractivity contribution in [1.29, 1.82) is 0 Å². The van der Waals surface area contributed by atoms with E-state index in [-0.39, 0.29) is 23.8 Å². The van der Waals surface area contributed by atoms with Gasteiger partial charge in [-0.1, -0.05) is 50.7 Å². The molecule has 0 aliphatic carbocycles. The second-order valence-electron chi connectivity index (χ2n) is 8.31. The van der Waals surface area contributed by atoms with Crippen molar-refractivity contribution >= 4 is 23.6 Å². The number of nitrogens with one attached hydrogen (secondary N) is 1. The molecule has 1 fully saturated rings. The Balaban J connectivity index is 1.64. The number of nitrogens with zero attached hydrogens (tertiary/aromatic N) is 4. The molecule has 1 saturated heterocycles. The highest BCUT2D eigenvalue weighted by atomic mass is 32.2. The maximum atomic E-state index is 12.6. The van der Waals surface area contributed by atoms with Crippen molar-refractivity contribution in [2.45, 2.75) is 44.8 Å². The molecule has 30 heavy (non-hydrogen) atoms. The summed E-state index contributed by atoms with van der Waals surface area (Å²) >= 11 is 1.40. The van der Waals surface area contributed by atoms with Crippen molar-refractivity contribution in [1.82, 2.24) is 25.0 Å². The molecule has 0 spiro atoms. The number of hydrogen-bond donors (Lipinski definition) is 1. The first-order chi connectivity index (χ1) is 14.4. The van der Waals surface area contributed by atoms with Gasteiger partial charge >= 0.3 is 0 Å². The van der Waals surface area contributed by atoms with Crippen LogP contribution < -0.4 is 5.32 Å². The van der Waals surface area contributed by atoms with E-state index in [9.17, 15) is 9.59 Å². The molecule has 0 radical (unpaired) electrons. The van der Waals surface area contributed by atoms with Gasteiger partial charge in [-0.3, -0.25) is 9.59 Å². The summed E-state index contributed by atoms with van der Waals surface area (Å²) in [5.41, 5.74) is 0.612. The first kappa shape index (κ1) is 22.3. The molecule has 1 atom stereocenters. The van der Waals surface area contributed by atoms with Crippen LogP contribution in [0.25, 0.3) is 0 Å². The number of rotatable bonds is 7. The van der Waals surface area contributed by atoms with Crippen LogP contribution >= 0.6 is 11.8 Å². The summed E-state index contributed by atoms with van der Waals surface area (Å²) in [6, 6.07) is 8.88. The zero-order chi connectivity index (χ0) is 21.7. The average Bonchev–Trinajstić information content (AvgIpc) is 3.11. The van der Waals surface area contributed by atoms with E-state index in [2.05, 4.69) is 22.4 Å². The van der Waals surface area contributed by atoms with Crippen molar-refractivity contribution in [3.05, 3.63) is 41.7 Å². The van der Waals surface area contributed by atoms with Gasteiger partial charge in [0.25, 0.3) is 5.91 Å². The largest absolute Gasteiger partial charge is 0.342 e. The number of amides is 2. The van der Waals surface area contributed by atoms with E-state index in [0.717, 1.165) is 25.9 Å². The predicted octanol–water partition coefficient (Wildman–Crippen LogP) is 3.29. The molecule has 0 saturated carbocycles. The third-order valence-electron chi connectivity index (χ3n) is 5.60. The fraction of sp³-hybridized carbons (Fsp3) is 0.545. The second-order valence-corrected chi connectivity index (χ2v) is 9.26. The highest BCUT2D eigenvalue weighted by Gasteiger charge is 2.26. The van der Waals surface area contributed by atoms with E-state index < -0.39 is 0 Å². The predicted molar refractivity (Wildman–Crippen MR) is 118 cm³/mol. The lowest BCUT2D eigenvalue weighted by molar-refractivity contribution is -0.129. The third kappa shape index (κ3) is 5.41. The molecule has 1 aromatic carbocycles. The zero-order valence-electron chi connectivity index (χ0n) is 18.2. The molecule has 7 nitrogen and oxygen atoms in total. The van der Waals surface area contributed by atoms with Crippen molar-refractivity contribution in [2.24, 2.45) is 18.9 Å². The molecule has 2 amide bonds. The van der Waals surface area contributed by atoms with Gasteiger partial charge < -0.3 is 14.8 Å². The van der Waals surface area contributed by atoms with Gasteiger partial charge in [0.1, 0.15) is 0 Å². The van der Waals surface area contributed by atoms with Crippen molar-refractivity contribution < 1.29 is 9.59 Å². The van der Waals surface area contributed by atoms with Gasteiger partial charge in [0.05, 0.1) is 11.8 Å². The van der Waals surface area contributed by atoms with Gasteiger partial charge in [0, 0.05) is 25.7 Å². The van der Waals surface area contributed by atoms with E-state index in [1.165, 1.54) is 11.8 Å². The number of piperidine rings is 1. The Hall–Kier alpha value is -2.35. The molecular formula is C22H31N5O2S. The molecule has 2 heterocycles. The summed E-state index contributed by atoms with van der Waals surface area (Å²) in [5, 5.41) is 12.4. The second kappa shape index (κ2) is 10.1. The maximum absolute atomic E-state index is 12.6. The summed E-state index contributed by atoms with van der Waals surface area (Å²) in [6.45, 7) is 7.99. The number of thioether (sulfide) groups is 1. The molecule has 1 aliphatic heterocycles. The van der Waals surface area contributed by atoms with E-state index in [1.807, 2.05) is 48.6 Å². The number of aromatic nitrogens is 3. The molecule has 2 aromatic rings. The summed E-state index contributed by atoms with van der Waals surface area (Å²) < 4.78 is 1.88. The zero-order valence-corrected chi connectivity index (χ0v) is 19.0. The van der Waals surface area contributed by atoms with E-state index in [0.29, 0.717) is 28.2 Å². The van der Waals surface area contributed by atoms with Crippen LogP contribution in [0.1, 0.15) is 55.8 Å². The molecule has 8 heteroatoms. The van der Waals surface area contributed by atoms with Crippen LogP contribution in [-0.4, -0.2) is 50.3 Å². The minimum absolute atomic E-state index is 0.135. The highest BCUT2D eigenvalue weighted by molar-refractivity contribution is 7.99. The van der Waals surface area contributed by atoms with Crippen LogP contribution in [-0.2, 0) is 11.8 Å². The Labute approximate surface area is 182 Å². The number of carbonyl (C=O) groups excluding carboxylic acids is 2. The Morgan fingerprint density at radius 1 is 1.17 bits per heavy atom. The van der Waals surface area contributed by atoms with Gasteiger partial charge in [-0.15, -0.1) is 10.2 Å². The first-order valence-electron chi connectivity index (χ1n) is 10.5. The fourth-order valence-electron chi connectivity index (χ4n) is 3.54. The van der Waals surface area contributed by atoms with Crippen LogP contribution in [0.4, 0.5) is 0 Å². The first-order valence-corrected chi connectivity index (χ1v) is 11.5. The summed E-state index contributed by atoms with van der Waals surface area (Å²) in [6.07, 6.45) is 2.14. The van der Waals surface area contributed by atoms with E-state index in [4.69, 9.17) is 0 Å². The molecule has 1 aromatic heterocycles. The van der Waals surface area contributed by atoms with E-state index in [1.54, 1.807) is 12.1 Å². The fourth-order valence-corrected chi connectivity index (χ4v) is 4.36. The number of hydrogen-bond acceptors (Lipinski definition) is 5. The topological polar surface area (TPSA) is 80.1 Å². The molecule has 1 aliphatic rings. The molecular weight excluding hydrogens is 398 g/mol. The molecule has 162 valence electrons. The van der Waals surface area contributed by atoms with Crippen LogP contribution in [0.2, 0.25) is 0 Å². The number of carbonyl (C=O) groups is 2. The normalized spacial score (nSPS) is 16.0. The van der Waals surface area contributed by atoms with Gasteiger partial charge in [-0.05, 0) is 36.8 Å². The van der Waals surface area contributed by atoms with E-state index >= 15 is 0 Å². The molecule has 0 unspecified atom stereocenters. The standard InChI is InChI=1S/C22H31N5O2S/c1-15(2)19(23-21(29)17-8-6-5-7-9-17)20-24-25-22(26(20)4)30-14-18(28)27-12-10-16(3)11-13-27/h5-9,15-16,19H,10-14H2,1-4H3,(H,23,29)/t19-/m1/s1. The minimum atomic E-state index is -0.274. The smallest absolute Gasteiger partial charge is 0.251 e. The van der Waals surface area contributed by atoms with Crippen molar-refractivity contribution in [3.8, 4) is 0 Å². The minimum Gasteiger partial charge on any atom is -0.342 e. The lowest BCUT2D eigenvalue weighted by Gasteiger charge is -2.30. The third-order valence-corrected chi connectivity index (χ3v) is 6.60. The van der Waals surface area contributed by atoms with Crippen LogP contribution in [0.3, 0.4) is 0 Å². The highest BCUT2D eigenvalue weighted by Crippen LogP contribution is 2.25. The van der Waals surface area contributed by atoms with Gasteiger partial charge in [0.15, 0.2) is 11.0 Å². The SMILES string of the molecule is CC1CCN(C(=O)CSc2nnc([C@H](NC(=O)c3ccccc3)C(C)C)n2C)CC1. The van der Waals surface area contributed by atoms with Crippen LogP contribution in [0.15, 0.2) is 35.5 Å². The van der Waals surface area contributed by atoms with Gasteiger partial charge in [0.2, 0.25) is 5.91 Å². The van der Waals surface area contributed by atoms with Crippen LogP contribution in [0.5, 0.6) is 0 Å². The Kier molecular flexibility index (Phi) is 7.53. The molecule has 1 N–H and O–H groups in total. The lowest BCUT2D eigenvalue weighted by Crippen LogP contribution is -2.38. The molecule has 0 bridgehead atoms. The number of likely N-dealkylation sites (tertiary alicyclic amines) is 1. The molecule has 3 rings (SSSR count). The van der Waals surface area contributed by atoms with Crippen LogP contribution in [0, 0.1) is 11.8 Å². The Morgan fingerprint density at radius 2 is 1.83 bits per heavy atom. The summed E-state index contributed by atoms with van der Waals surface area (Å²) in [7, 11) is 1.88. The van der Waals surface area contributed by atoms with Gasteiger partial charge in [-0.2, -0.15) is 0 Å². The number of benzene rings is 1. The van der Waals surface area contributed by atoms with Crippen molar-refractivity contribution in [3.63, 3.8) is 0 Å². The summed E-state index contributed by atoms with van der Waals surface area (Å²) in [4.78, 5) is 27.1. The Morgan fingerprint density at radius 3 is 2.47 bits per heavy atom. The maximum Gasteiger partial charge on any atom is 0.251 e. The lowest BCUT2D eigenvalue weighted by atomic mass is 9.99.